The van der Waals surface area contributed by atoms with Crippen LogP contribution in [0.15, 0.2) is 0 Å². The predicted octanol–water partition coefficient (Wildman–Crippen LogP) is 7.01. The van der Waals surface area contributed by atoms with Gasteiger partial charge in [-0.15, -0.1) is 0 Å². The third-order valence-corrected chi connectivity index (χ3v) is 1.98. The summed E-state index contributed by atoms with van der Waals surface area (Å²) < 4.78 is 44.5. The number of rotatable bonds is 4. The van der Waals surface area contributed by atoms with Gasteiger partial charge in [-0.2, -0.15) is 8.78 Å². The molecule has 0 atom stereocenters. The summed E-state index contributed by atoms with van der Waals surface area (Å²) in [6, 6.07) is 0. The molecule has 0 aromatic heterocycles. The lowest BCUT2D eigenvalue weighted by molar-refractivity contribution is -0.205. The van der Waals surface area contributed by atoms with Crippen molar-refractivity contribution in [1.29, 1.82) is 0 Å². The second-order valence-electron chi connectivity index (χ2n) is 7.47. The fourth-order valence-corrected chi connectivity index (χ4v) is 0.304. The first-order chi connectivity index (χ1) is 15.2. The van der Waals surface area contributed by atoms with E-state index in [-0.39, 0.29) is 0 Å². The van der Waals surface area contributed by atoms with E-state index in [1.807, 2.05) is 46.8 Å². The van der Waals surface area contributed by atoms with Crippen LogP contribution in [-0.2, 0) is 23.7 Å². The number of nitrogens with zero attached hydrogens (tertiary/aromatic N) is 1. The number of hydrogen-bond donors (Lipinski definition) is 0. The maximum Gasteiger partial charge on any atom is 0.352 e. The minimum absolute atomic E-state index is 0.384. The lowest BCUT2D eigenvalue weighted by Crippen LogP contribution is -2.10. The van der Waals surface area contributed by atoms with E-state index >= 15 is 0 Å². The summed E-state index contributed by atoms with van der Waals surface area (Å²) in [5.41, 5.74) is 0. The molecule has 0 aromatic carbocycles. The summed E-state index contributed by atoms with van der Waals surface area (Å²) in [5.74, 6) is 0. The number of halogens is 2. The van der Waals surface area contributed by atoms with Crippen molar-refractivity contribution in [3.8, 4) is 0 Å². The zero-order valence-corrected chi connectivity index (χ0v) is 25.4. The van der Waals surface area contributed by atoms with Gasteiger partial charge < -0.3 is 28.6 Å². The molecule has 1 fully saturated rings. The monoisotopic (exact) mass is 495 g/mol. The molecule has 0 saturated heterocycles. The van der Waals surface area contributed by atoms with Crippen LogP contribution in [0, 0.1) is 0 Å². The number of ether oxygens (including phenoxy) is 5. The van der Waals surface area contributed by atoms with Crippen LogP contribution in [-0.4, -0.2) is 93.6 Å². The van der Waals surface area contributed by atoms with Crippen molar-refractivity contribution in [1.82, 2.24) is 4.90 Å². The second kappa shape index (κ2) is 48.9. The van der Waals surface area contributed by atoms with E-state index in [0.29, 0.717) is 19.1 Å². The predicted molar refractivity (Wildman–Crippen MR) is 142 cm³/mol. The standard InChI is InChI=1S/C4H8O.C4H10O.C3H6F2O.C3H9N.C3H8O.2C3H8.C2H6O/c1-5-4-2-3-4;1-4(2)5-3;1-3(4,5)6-2;1-4(2)3;1-3-4-2;3*1-3-2/h4H,2-3H2,1H3;4H,1-3H3;1-2H3;1-3H3;3H2,1-2H3;2*3H2,1-2H3;1-2H3. The minimum Gasteiger partial charge on any atom is -0.388 e. The highest BCUT2D eigenvalue weighted by Gasteiger charge is 2.19. The van der Waals surface area contributed by atoms with Gasteiger partial charge in [0.25, 0.3) is 0 Å². The van der Waals surface area contributed by atoms with E-state index < -0.39 is 6.11 Å². The molecule has 33 heavy (non-hydrogen) atoms. The Morgan fingerprint density at radius 1 is 0.818 bits per heavy atom. The van der Waals surface area contributed by atoms with Crippen LogP contribution >= 0.6 is 0 Å². The molecule has 1 saturated carbocycles. The van der Waals surface area contributed by atoms with Gasteiger partial charge in [0.15, 0.2) is 0 Å². The van der Waals surface area contributed by atoms with Gasteiger partial charge in [0.2, 0.25) is 0 Å². The van der Waals surface area contributed by atoms with Gasteiger partial charge in [-0.25, -0.2) is 0 Å². The molecular formula is C25H63F2NO5. The summed E-state index contributed by atoms with van der Waals surface area (Å²) in [7, 11) is 15.3. The quantitative estimate of drug-likeness (QED) is 0.418. The smallest absolute Gasteiger partial charge is 0.352 e. The Morgan fingerprint density at radius 2 is 1.00 bits per heavy atom. The Balaban J connectivity index is -0.0000000475. The average Bonchev–Trinajstić information content (AvgIpc) is 3.55. The van der Waals surface area contributed by atoms with E-state index in [9.17, 15) is 8.78 Å². The van der Waals surface area contributed by atoms with Crippen molar-refractivity contribution < 1.29 is 32.5 Å². The third-order valence-electron chi connectivity index (χ3n) is 1.98. The molecule has 0 radical (unpaired) electrons. The second-order valence-corrected chi connectivity index (χ2v) is 7.47. The zero-order valence-electron chi connectivity index (χ0n) is 25.4. The maximum atomic E-state index is 11.2. The largest absolute Gasteiger partial charge is 0.388 e. The van der Waals surface area contributed by atoms with E-state index in [1.165, 1.54) is 25.7 Å². The molecular weight excluding hydrogens is 432 g/mol. The molecule has 0 aromatic rings. The number of methoxy groups -OCH3 is 5. The summed E-state index contributed by atoms with van der Waals surface area (Å²) in [6.07, 6.45) is 3.14. The van der Waals surface area contributed by atoms with Crippen LogP contribution in [0.1, 0.15) is 81.1 Å². The molecule has 0 spiro atoms. The van der Waals surface area contributed by atoms with E-state index in [0.717, 1.165) is 13.7 Å². The molecule has 0 amide bonds. The van der Waals surface area contributed by atoms with Gasteiger partial charge in [-0.1, -0.05) is 40.5 Å². The first-order valence-corrected chi connectivity index (χ1v) is 11.6. The molecule has 1 rings (SSSR count). The fraction of sp³-hybridized carbons (Fsp3) is 1.00. The highest BCUT2D eigenvalue weighted by atomic mass is 19.3. The van der Waals surface area contributed by atoms with Gasteiger partial charge in [0.05, 0.1) is 12.2 Å². The van der Waals surface area contributed by atoms with Gasteiger partial charge in [0, 0.05) is 56.2 Å². The maximum absolute atomic E-state index is 11.2. The molecule has 1 aliphatic carbocycles. The first-order valence-electron chi connectivity index (χ1n) is 11.6. The van der Waals surface area contributed by atoms with Crippen molar-refractivity contribution in [2.75, 3.05) is 70.4 Å². The Bertz CT molecular complexity index is 240. The summed E-state index contributed by atoms with van der Waals surface area (Å²) in [5, 5.41) is 0. The Kier molecular flexibility index (Phi) is 73.6. The van der Waals surface area contributed by atoms with E-state index in [1.54, 1.807) is 35.5 Å². The summed E-state index contributed by atoms with van der Waals surface area (Å²) in [6.45, 7) is 16.0. The molecule has 0 unspecified atom stereocenters. The van der Waals surface area contributed by atoms with Crippen LogP contribution in [0.5, 0.6) is 0 Å². The molecule has 0 N–H and O–H groups in total. The molecule has 0 heterocycles. The van der Waals surface area contributed by atoms with Crippen LogP contribution in [0.2, 0.25) is 0 Å². The lowest BCUT2D eigenvalue weighted by Gasteiger charge is -2.03. The minimum atomic E-state index is -2.96. The molecule has 6 nitrogen and oxygen atoms in total. The lowest BCUT2D eigenvalue weighted by atomic mass is 10.5. The van der Waals surface area contributed by atoms with Crippen molar-refractivity contribution in [2.45, 2.75) is 99.4 Å². The molecule has 1 aliphatic rings. The van der Waals surface area contributed by atoms with Gasteiger partial charge >= 0.3 is 6.11 Å². The van der Waals surface area contributed by atoms with Crippen LogP contribution in [0.4, 0.5) is 8.78 Å². The topological polar surface area (TPSA) is 49.4 Å². The molecule has 0 bridgehead atoms. The van der Waals surface area contributed by atoms with Crippen LogP contribution in [0.3, 0.4) is 0 Å². The highest BCUT2D eigenvalue weighted by Crippen LogP contribution is 2.21. The number of alkyl halides is 2. The average molecular weight is 496 g/mol. The van der Waals surface area contributed by atoms with Gasteiger partial charge in [-0.05, 0) is 54.8 Å². The third kappa shape index (κ3) is 246. The summed E-state index contributed by atoms with van der Waals surface area (Å²) in [4.78, 5) is 2.00. The molecule has 8 heteroatoms. The summed E-state index contributed by atoms with van der Waals surface area (Å²) >= 11 is 0. The highest BCUT2D eigenvalue weighted by molar-refractivity contribution is 4.71. The van der Waals surface area contributed by atoms with Crippen molar-refractivity contribution in [3.05, 3.63) is 0 Å². The van der Waals surface area contributed by atoms with Crippen molar-refractivity contribution in [2.24, 2.45) is 0 Å². The van der Waals surface area contributed by atoms with Crippen molar-refractivity contribution >= 4 is 0 Å². The first kappa shape index (κ1) is 49.7. The fourth-order valence-electron chi connectivity index (χ4n) is 0.304. The normalized spacial score (nSPS) is 10.8. The van der Waals surface area contributed by atoms with E-state index in [4.69, 9.17) is 9.47 Å². The van der Waals surface area contributed by atoms with Crippen LogP contribution in [0.25, 0.3) is 0 Å². The number of hydrogen-bond acceptors (Lipinski definition) is 6. The zero-order chi connectivity index (χ0) is 28.3. The Labute approximate surface area is 207 Å². The molecule has 212 valence electrons. The van der Waals surface area contributed by atoms with Gasteiger partial charge in [0.1, 0.15) is 0 Å². The van der Waals surface area contributed by atoms with Crippen LogP contribution < -0.4 is 0 Å². The molecule has 0 aliphatic heterocycles. The Morgan fingerprint density at radius 3 is 1.00 bits per heavy atom. The van der Waals surface area contributed by atoms with Gasteiger partial charge in [-0.3, -0.25) is 0 Å². The van der Waals surface area contributed by atoms with Crippen molar-refractivity contribution in [3.63, 3.8) is 0 Å². The Hall–Kier alpha value is -0.380. The van der Waals surface area contributed by atoms with E-state index in [2.05, 4.69) is 41.9 Å². The SMILES string of the molecule is CCC.CCC.CCOC.CN(C)C.COC.COC(C)(F)F.COC(C)C.COC1CC1.